The van der Waals surface area contributed by atoms with Crippen LogP contribution in [-0.4, -0.2) is 5.71 Å². The van der Waals surface area contributed by atoms with E-state index in [2.05, 4.69) is 100 Å². The van der Waals surface area contributed by atoms with Gasteiger partial charge in [-0.1, -0.05) is 85.2 Å². The second kappa shape index (κ2) is 10.9. The largest absolute Gasteiger partial charge is 0.248 e. The predicted octanol–water partition coefficient (Wildman–Crippen LogP) is 7.15. The number of aryl methyl sites for hydroxylation is 2. The molecule has 3 rings (SSSR count). The van der Waals surface area contributed by atoms with Gasteiger partial charge in [0.25, 0.3) is 0 Å². The van der Waals surface area contributed by atoms with Crippen LogP contribution >= 0.6 is 0 Å². The summed E-state index contributed by atoms with van der Waals surface area (Å²) < 4.78 is 0. The molecule has 0 atom stereocenters. The quantitative estimate of drug-likeness (QED) is 0.402. The van der Waals surface area contributed by atoms with Crippen LogP contribution in [0.3, 0.4) is 0 Å². The van der Waals surface area contributed by atoms with Gasteiger partial charge in [0.05, 0.1) is 11.4 Å². The van der Waals surface area contributed by atoms with E-state index in [0.29, 0.717) is 0 Å². The zero-order valence-corrected chi connectivity index (χ0v) is 17.2. The van der Waals surface area contributed by atoms with Gasteiger partial charge in [0.1, 0.15) is 0 Å². The van der Waals surface area contributed by atoms with Gasteiger partial charge in [0.15, 0.2) is 0 Å². The molecule has 142 valence electrons. The molecule has 2 aromatic rings. The molecule has 0 radical (unpaired) electrons. The molecule has 28 heavy (non-hydrogen) atoms. The van der Waals surface area contributed by atoms with E-state index in [1.165, 1.54) is 33.9 Å². The lowest BCUT2D eigenvalue weighted by Crippen LogP contribution is -2.08. The Bertz CT molecular complexity index is 931. The highest BCUT2D eigenvalue weighted by atomic mass is 14.8. The SMILES string of the molecule is C#CC=C.CCc1ccccc1N=C(C1=C(C)CCC=C1)c1ccc(C)cc1. The van der Waals surface area contributed by atoms with Crippen molar-refractivity contribution in [3.63, 3.8) is 0 Å². The second-order valence-electron chi connectivity index (χ2n) is 6.81. The minimum absolute atomic E-state index is 0.995. The fourth-order valence-corrected chi connectivity index (χ4v) is 3.09. The summed E-state index contributed by atoms with van der Waals surface area (Å²) in [5.74, 6) is 2.19. The van der Waals surface area contributed by atoms with Gasteiger partial charge in [-0.15, -0.1) is 6.42 Å². The van der Waals surface area contributed by atoms with Crippen LogP contribution in [0.1, 0.15) is 43.4 Å². The zero-order chi connectivity index (χ0) is 20.4. The van der Waals surface area contributed by atoms with E-state index in [-0.39, 0.29) is 0 Å². The number of nitrogens with zero attached hydrogens (tertiary/aromatic N) is 1. The molecule has 0 aliphatic heterocycles. The summed E-state index contributed by atoms with van der Waals surface area (Å²) in [7, 11) is 0. The third-order valence-corrected chi connectivity index (χ3v) is 4.73. The van der Waals surface area contributed by atoms with E-state index in [1.807, 2.05) is 0 Å². The van der Waals surface area contributed by atoms with Crippen molar-refractivity contribution in [2.75, 3.05) is 0 Å². The number of hydrogen-bond acceptors (Lipinski definition) is 1. The number of allylic oxidation sites excluding steroid dienone is 5. The first-order chi connectivity index (χ1) is 13.6. The number of benzene rings is 2. The van der Waals surface area contributed by atoms with E-state index in [4.69, 9.17) is 4.99 Å². The average molecular weight is 368 g/mol. The lowest BCUT2D eigenvalue weighted by Gasteiger charge is -2.16. The molecular weight excluding hydrogens is 338 g/mol. The third kappa shape index (κ3) is 5.69. The molecule has 0 heterocycles. The van der Waals surface area contributed by atoms with Crippen LogP contribution in [0.25, 0.3) is 0 Å². The number of rotatable bonds is 4. The first-order valence-corrected chi connectivity index (χ1v) is 9.78. The van der Waals surface area contributed by atoms with Crippen molar-refractivity contribution >= 4 is 11.4 Å². The summed E-state index contributed by atoms with van der Waals surface area (Å²) in [4.78, 5) is 5.11. The lowest BCUT2D eigenvalue weighted by atomic mass is 9.91. The van der Waals surface area contributed by atoms with Gasteiger partial charge >= 0.3 is 0 Å². The summed E-state index contributed by atoms with van der Waals surface area (Å²) in [5.41, 5.74) is 8.62. The maximum atomic E-state index is 5.11. The monoisotopic (exact) mass is 367 g/mol. The van der Waals surface area contributed by atoms with Crippen molar-refractivity contribution in [2.24, 2.45) is 4.99 Å². The maximum Gasteiger partial charge on any atom is 0.0780 e. The molecule has 0 unspecified atom stereocenters. The minimum Gasteiger partial charge on any atom is -0.248 e. The topological polar surface area (TPSA) is 12.4 Å². The second-order valence-corrected chi connectivity index (χ2v) is 6.81. The van der Waals surface area contributed by atoms with Crippen LogP contribution in [0.4, 0.5) is 5.69 Å². The van der Waals surface area contributed by atoms with Gasteiger partial charge in [-0.05, 0) is 56.4 Å². The number of para-hydroxylation sites is 1. The molecule has 0 aromatic heterocycles. The average Bonchev–Trinajstić information content (AvgIpc) is 2.74. The molecule has 0 spiro atoms. The molecule has 1 nitrogen and oxygen atoms in total. The van der Waals surface area contributed by atoms with E-state index >= 15 is 0 Å². The van der Waals surface area contributed by atoms with Gasteiger partial charge in [-0.3, -0.25) is 0 Å². The van der Waals surface area contributed by atoms with Gasteiger partial charge in [-0.2, -0.15) is 0 Å². The standard InChI is InChI=1S/C23H25N.C4H4/c1-4-19-10-6-8-12-22(19)24-23(20-15-13-17(2)14-16-20)21-11-7-5-9-18(21)3;1-3-4-2/h6-8,10-16H,4-5,9H2,1-3H3;1,4H,2H2. The molecule has 0 N–H and O–H groups in total. The lowest BCUT2D eigenvalue weighted by molar-refractivity contribution is 0.952. The molecule has 0 saturated carbocycles. The predicted molar refractivity (Wildman–Crippen MR) is 123 cm³/mol. The molecule has 1 heteroatoms. The Hall–Kier alpha value is -3.11. The first kappa shape index (κ1) is 21.2. The fourth-order valence-electron chi connectivity index (χ4n) is 3.09. The van der Waals surface area contributed by atoms with Crippen LogP contribution in [0.5, 0.6) is 0 Å². The molecule has 0 bridgehead atoms. The Balaban J connectivity index is 0.000000640. The Kier molecular flexibility index (Phi) is 8.25. The summed E-state index contributed by atoms with van der Waals surface area (Å²) in [6.45, 7) is 9.78. The number of aliphatic imine (C=N–C) groups is 1. The molecule has 0 amide bonds. The summed E-state index contributed by atoms with van der Waals surface area (Å²) in [6.07, 6.45) is 13.8. The molecular formula is C27H29N. The van der Waals surface area contributed by atoms with E-state index in [0.717, 1.165) is 30.7 Å². The van der Waals surface area contributed by atoms with Crippen LogP contribution in [0.15, 0.2) is 89.5 Å². The summed E-state index contributed by atoms with van der Waals surface area (Å²) in [6, 6.07) is 17.2. The molecule has 1 aliphatic carbocycles. The van der Waals surface area contributed by atoms with Gasteiger partial charge in [0.2, 0.25) is 0 Å². The normalized spacial score (nSPS) is 13.4. The van der Waals surface area contributed by atoms with Crippen LogP contribution in [-0.2, 0) is 6.42 Å². The smallest absolute Gasteiger partial charge is 0.0780 e. The van der Waals surface area contributed by atoms with Gasteiger partial charge in [-0.25, -0.2) is 4.99 Å². The van der Waals surface area contributed by atoms with Crippen molar-refractivity contribution in [3.8, 4) is 12.3 Å². The van der Waals surface area contributed by atoms with E-state index in [9.17, 15) is 0 Å². The van der Waals surface area contributed by atoms with Crippen molar-refractivity contribution in [3.05, 3.63) is 101 Å². The van der Waals surface area contributed by atoms with E-state index < -0.39 is 0 Å². The highest BCUT2D eigenvalue weighted by molar-refractivity contribution is 6.16. The van der Waals surface area contributed by atoms with Crippen molar-refractivity contribution < 1.29 is 0 Å². The van der Waals surface area contributed by atoms with Crippen LogP contribution < -0.4 is 0 Å². The zero-order valence-electron chi connectivity index (χ0n) is 17.2. The molecule has 1 aliphatic rings. The Labute approximate surface area is 170 Å². The fraction of sp³-hybridized carbons (Fsp3) is 0.222. The summed E-state index contributed by atoms with van der Waals surface area (Å²) >= 11 is 0. The third-order valence-electron chi connectivity index (χ3n) is 4.73. The highest BCUT2D eigenvalue weighted by Crippen LogP contribution is 2.27. The molecule has 0 fully saturated rings. The van der Waals surface area contributed by atoms with E-state index in [1.54, 1.807) is 0 Å². The Morgan fingerprint density at radius 3 is 2.43 bits per heavy atom. The van der Waals surface area contributed by atoms with Gasteiger partial charge in [0, 0.05) is 5.56 Å². The van der Waals surface area contributed by atoms with Crippen molar-refractivity contribution in [2.45, 2.75) is 40.0 Å². The van der Waals surface area contributed by atoms with Crippen molar-refractivity contribution in [1.82, 2.24) is 0 Å². The Morgan fingerprint density at radius 2 is 1.82 bits per heavy atom. The summed E-state index contributed by atoms with van der Waals surface area (Å²) in [5, 5.41) is 0. The molecule has 0 saturated heterocycles. The van der Waals surface area contributed by atoms with Gasteiger partial charge < -0.3 is 0 Å². The number of hydrogen-bond donors (Lipinski definition) is 0. The first-order valence-electron chi connectivity index (χ1n) is 9.78. The van der Waals surface area contributed by atoms with Crippen molar-refractivity contribution in [1.29, 1.82) is 0 Å². The minimum atomic E-state index is 0.995. The number of terminal acetylenes is 1. The highest BCUT2D eigenvalue weighted by Gasteiger charge is 2.14. The van der Waals surface area contributed by atoms with Crippen LogP contribution in [0, 0.1) is 19.3 Å². The molecule has 2 aromatic carbocycles. The maximum absolute atomic E-state index is 5.11. The van der Waals surface area contributed by atoms with Crippen LogP contribution in [0.2, 0.25) is 0 Å². The Morgan fingerprint density at radius 1 is 1.14 bits per heavy atom.